The van der Waals surface area contributed by atoms with Gasteiger partial charge in [-0.25, -0.2) is 4.98 Å². The fraction of sp³-hybridized carbons (Fsp3) is 0. The molecule has 0 atom stereocenters. The molecule has 0 radical (unpaired) electrons. The van der Waals surface area contributed by atoms with Gasteiger partial charge >= 0.3 is 0 Å². The maximum atomic E-state index is 5.90. The minimum absolute atomic E-state index is 0.690. The summed E-state index contributed by atoms with van der Waals surface area (Å²) in [6.45, 7) is 0. The van der Waals surface area contributed by atoms with Crippen molar-refractivity contribution in [3.63, 3.8) is 0 Å². The van der Waals surface area contributed by atoms with Gasteiger partial charge in [-0.2, -0.15) is 10.2 Å². The third-order valence-electron chi connectivity index (χ3n) is 2.30. The highest BCUT2D eigenvalue weighted by Gasteiger charge is 2.05. The number of benzene rings is 1. The summed E-state index contributed by atoms with van der Waals surface area (Å²) in [4.78, 5) is 7.63. The van der Waals surface area contributed by atoms with Crippen LogP contribution in [0.25, 0.3) is 22.4 Å². The number of H-pyrrole nitrogens is 1. The summed E-state index contributed by atoms with van der Waals surface area (Å²) in [6.07, 6.45) is 3.30. The van der Waals surface area contributed by atoms with Crippen LogP contribution >= 0.6 is 11.6 Å². The van der Waals surface area contributed by atoms with Gasteiger partial charge < -0.3 is 4.98 Å². The molecule has 3 rings (SSSR count). The summed E-state index contributed by atoms with van der Waals surface area (Å²) in [5.41, 5.74) is 2.71. The van der Waals surface area contributed by atoms with E-state index in [0.29, 0.717) is 5.02 Å². The van der Waals surface area contributed by atoms with Crippen LogP contribution in [0.4, 0.5) is 0 Å². The molecular formula is C11H7ClN4. The van der Waals surface area contributed by atoms with E-state index in [4.69, 9.17) is 11.6 Å². The summed E-state index contributed by atoms with van der Waals surface area (Å²) < 4.78 is 0. The number of rotatable bonds is 1. The van der Waals surface area contributed by atoms with Gasteiger partial charge in [0.25, 0.3) is 0 Å². The van der Waals surface area contributed by atoms with Crippen molar-refractivity contribution in [3.05, 3.63) is 41.7 Å². The van der Waals surface area contributed by atoms with E-state index in [1.165, 1.54) is 0 Å². The Hall–Kier alpha value is -1.94. The summed E-state index contributed by atoms with van der Waals surface area (Å²) in [6, 6.07) is 7.40. The number of fused-ring (bicyclic) bond motifs is 1. The first kappa shape index (κ1) is 9.30. The number of hydrogen-bond acceptors (Lipinski definition) is 3. The van der Waals surface area contributed by atoms with Crippen LogP contribution in [-0.4, -0.2) is 20.2 Å². The molecule has 0 amide bonds. The van der Waals surface area contributed by atoms with E-state index in [-0.39, 0.29) is 0 Å². The Labute approximate surface area is 96.3 Å². The van der Waals surface area contributed by atoms with Gasteiger partial charge in [0.2, 0.25) is 0 Å². The topological polar surface area (TPSA) is 54.5 Å². The molecule has 0 bridgehead atoms. The second-order valence-corrected chi connectivity index (χ2v) is 3.81. The number of aromatic nitrogens is 4. The normalized spacial score (nSPS) is 10.8. The Morgan fingerprint density at radius 3 is 2.88 bits per heavy atom. The van der Waals surface area contributed by atoms with E-state index in [1.807, 2.05) is 24.3 Å². The van der Waals surface area contributed by atoms with Crippen LogP contribution in [0.15, 0.2) is 36.7 Å². The quantitative estimate of drug-likeness (QED) is 0.699. The Morgan fingerprint density at radius 2 is 2.06 bits per heavy atom. The number of halogens is 1. The van der Waals surface area contributed by atoms with Crippen LogP contribution in [0.2, 0.25) is 5.02 Å². The fourth-order valence-corrected chi connectivity index (χ4v) is 1.72. The Balaban J connectivity index is 2.19. The monoisotopic (exact) mass is 230 g/mol. The van der Waals surface area contributed by atoms with Crippen LogP contribution in [0, 0.1) is 0 Å². The van der Waals surface area contributed by atoms with E-state index in [2.05, 4.69) is 20.2 Å². The Bertz CT molecular complexity index is 633. The molecule has 0 spiro atoms. The van der Waals surface area contributed by atoms with Gasteiger partial charge in [0.05, 0.1) is 23.4 Å². The van der Waals surface area contributed by atoms with Crippen LogP contribution in [0.1, 0.15) is 0 Å². The van der Waals surface area contributed by atoms with E-state index >= 15 is 0 Å². The molecule has 0 aliphatic carbocycles. The summed E-state index contributed by atoms with van der Waals surface area (Å²) in [7, 11) is 0. The molecule has 4 nitrogen and oxygen atoms in total. The summed E-state index contributed by atoms with van der Waals surface area (Å²) in [5, 5.41) is 8.23. The van der Waals surface area contributed by atoms with Gasteiger partial charge in [0.15, 0.2) is 0 Å². The molecular weight excluding hydrogens is 224 g/mol. The second-order valence-electron chi connectivity index (χ2n) is 3.38. The second kappa shape index (κ2) is 3.57. The van der Waals surface area contributed by atoms with Crippen molar-refractivity contribution in [2.45, 2.75) is 0 Å². The van der Waals surface area contributed by atoms with E-state index in [0.717, 1.165) is 22.4 Å². The van der Waals surface area contributed by atoms with Crippen molar-refractivity contribution >= 4 is 22.6 Å². The molecule has 0 fully saturated rings. The lowest BCUT2D eigenvalue weighted by Crippen LogP contribution is -1.83. The van der Waals surface area contributed by atoms with Gasteiger partial charge in [-0.05, 0) is 24.3 Å². The zero-order chi connectivity index (χ0) is 11.0. The number of aromatic amines is 1. The molecule has 0 aliphatic rings. The van der Waals surface area contributed by atoms with Crippen LogP contribution < -0.4 is 0 Å². The molecule has 0 saturated carbocycles. The number of nitrogens with zero attached hydrogens (tertiary/aromatic N) is 3. The molecule has 2 aromatic heterocycles. The first-order valence-electron chi connectivity index (χ1n) is 4.75. The highest BCUT2D eigenvalue weighted by Crippen LogP contribution is 2.21. The van der Waals surface area contributed by atoms with Crippen LogP contribution in [0.5, 0.6) is 0 Å². The SMILES string of the molecule is Clc1ccc2nc(-c3ccnnc3)[nH]c2c1. The maximum absolute atomic E-state index is 5.90. The number of hydrogen-bond donors (Lipinski definition) is 1. The Morgan fingerprint density at radius 1 is 1.12 bits per heavy atom. The third kappa shape index (κ3) is 1.53. The average Bonchev–Trinajstić information content (AvgIpc) is 2.73. The largest absolute Gasteiger partial charge is 0.338 e. The molecule has 16 heavy (non-hydrogen) atoms. The number of nitrogens with one attached hydrogen (secondary N) is 1. The molecule has 0 saturated heterocycles. The lowest BCUT2D eigenvalue weighted by atomic mass is 10.3. The van der Waals surface area contributed by atoms with Crippen molar-refractivity contribution in [2.75, 3.05) is 0 Å². The van der Waals surface area contributed by atoms with Gasteiger partial charge in [0.1, 0.15) is 5.82 Å². The van der Waals surface area contributed by atoms with E-state index in [9.17, 15) is 0 Å². The van der Waals surface area contributed by atoms with Gasteiger partial charge in [-0.3, -0.25) is 0 Å². The average molecular weight is 231 g/mol. The van der Waals surface area contributed by atoms with Gasteiger partial charge in [-0.15, -0.1) is 0 Å². The zero-order valence-corrected chi connectivity index (χ0v) is 8.94. The molecule has 3 aromatic rings. The molecule has 0 unspecified atom stereocenters. The third-order valence-corrected chi connectivity index (χ3v) is 2.54. The van der Waals surface area contributed by atoms with E-state index in [1.54, 1.807) is 12.4 Å². The smallest absolute Gasteiger partial charge is 0.140 e. The fourth-order valence-electron chi connectivity index (χ4n) is 1.55. The van der Waals surface area contributed by atoms with E-state index < -0.39 is 0 Å². The van der Waals surface area contributed by atoms with Crippen LogP contribution in [-0.2, 0) is 0 Å². The number of imidazole rings is 1. The van der Waals surface area contributed by atoms with Gasteiger partial charge in [0, 0.05) is 10.6 Å². The molecule has 0 aliphatic heterocycles. The van der Waals surface area contributed by atoms with Crippen molar-refractivity contribution in [2.24, 2.45) is 0 Å². The predicted molar refractivity (Wildman–Crippen MR) is 62.1 cm³/mol. The minimum atomic E-state index is 0.690. The molecule has 78 valence electrons. The zero-order valence-electron chi connectivity index (χ0n) is 8.18. The van der Waals surface area contributed by atoms with Gasteiger partial charge in [-0.1, -0.05) is 11.6 Å². The lowest BCUT2D eigenvalue weighted by molar-refractivity contribution is 1.03. The molecule has 5 heteroatoms. The van der Waals surface area contributed by atoms with Crippen molar-refractivity contribution < 1.29 is 0 Å². The summed E-state index contributed by atoms with van der Waals surface area (Å²) in [5.74, 6) is 0.771. The molecule has 1 aromatic carbocycles. The lowest BCUT2D eigenvalue weighted by Gasteiger charge is -1.91. The standard InChI is InChI=1S/C11H7ClN4/c12-8-1-2-9-10(5-8)16-11(15-9)7-3-4-13-14-6-7/h1-6H,(H,15,16). The maximum Gasteiger partial charge on any atom is 0.140 e. The van der Waals surface area contributed by atoms with Crippen molar-refractivity contribution in [3.8, 4) is 11.4 Å². The van der Waals surface area contributed by atoms with Crippen LogP contribution in [0.3, 0.4) is 0 Å². The summed E-state index contributed by atoms with van der Waals surface area (Å²) >= 11 is 5.90. The first-order valence-corrected chi connectivity index (χ1v) is 5.13. The molecule has 1 N–H and O–H groups in total. The Kier molecular flexibility index (Phi) is 2.08. The highest BCUT2D eigenvalue weighted by molar-refractivity contribution is 6.31. The molecule has 2 heterocycles. The first-order chi connectivity index (χ1) is 7.83. The highest BCUT2D eigenvalue weighted by atomic mass is 35.5. The predicted octanol–water partition coefficient (Wildman–Crippen LogP) is 2.67. The van der Waals surface area contributed by atoms with Crippen molar-refractivity contribution in [1.82, 2.24) is 20.2 Å². The minimum Gasteiger partial charge on any atom is -0.338 e. The van der Waals surface area contributed by atoms with Crippen molar-refractivity contribution in [1.29, 1.82) is 0 Å².